The normalized spacial score (nSPS) is 10.6. The number of ether oxygens (including phenoxy) is 1. The van der Waals surface area contributed by atoms with E-state index in [1.165, 1.54) is 0 Å². The van der Waals surface area contributed by atoms with Crippen LogP contribution in [-0.2, 0) is 20.9 Å². The maximum atomic E-state index is 12.3. The SMILES string of the molecule is O=C(CCC(c1ccccc1)c1ccccc1)C(=O)OCc1ccccc1. The van der Waals surface area contributed by atoms with E-state index in [-0.39, 0.29) is 18.9 Å². The molecule has 3 nitrogen and oxygen atoms in total. The molecule has 0 aliphatic heterocycles. The molecule has 3 rings (SSSR count). The van der Waals surface area contributed by atoms with Gasteiger partial charge in [-0.05, 0) is 23.1 Å². The topological polar surface area (TPSA) is 43.4 Å². The van der Waals surface area contributed by atoms with Crippen LogP contribution >= 0.6 is 0 Å². The zero-order valence-electron chi connectivity index (χ0n) is 15.1. The van der Waals surface area contributed by atoms with E-state index in [0.29, 0.717) is 6.42 Å². The first-order chi connectivity index (χ1) is 13.2. The molecular weight excluding hydrogens is 336 g/mol. The Kier molecular flexibility index (Phi) is 6.53. The predicted octanol–water partition coefficient (Wildman–Crippen LogP) is 4.91. The second kappa shape index (κ2) is 9.48. The van der Waals surface area contributed by atoms with Crippen LogP contribution in [0.1, 0.15) is 35.4 Å². The molecule has 0 radical (unpaired) electrons. The number of hydrogen-bond donors (Lipinski definition) is 0. The van der Waals surface area contributed by atoms with Crippen LogP contribution in [0, 0.1) is 0 Å². The third kappa shape index (κ3) is 5.38. The third-order valence-electron chi connectivity index (χ3n) is 4.50. The minimum absolute atomic E-state index is 0.0678. The Morgan fingerprint density at radius 1 is 0.704 bits per heavy atom. The maximum absolute atomic E-state index is 12.3. The summed E-state index contributed by atoms with van der Waals surface area (Å²) in [6.07, 6.45) is 0.718. The number of carbonyl (C=O) groups excluding carboxylic acids is 2. The molecule has 0 fully saturated rings. The van der Waals surface area contributed by atoms with Crippen molar-refractivity contribution in [3.8, 4) is 0 Å². The van der Waals surface area contributed by atoms with E-state index < -0.39 is 11.8 Å². The molecule has 0 atom stereocenters. The summed E-state index contributed by atoms with van der Waals surface area (Å²) in [7, 11) is 0. The molecular formula is C24H22O3. The van der Waals surface area contributed by atoms with Crippen LogP contribution in [0.15, 0.2) is 91.0 Å². The zero-order chi connectivity index (χ0) is 18.9. The molecule has 0 amide bonds. The van der Waals surface area contributed by atoms with Gasteiger partial charge in [-0.15, -0.1) is 0 Å². The summed E-state index contributed by atoms with van der Waals surface area (Å²) in [6, 6.07) is 29.4. The van der Waals surface area contributed by atoms with Crippen molar-refractivity contribution in [1.82, 2.24) is 0 Å². The lowest BCUT2D eigenvalue weighted by Gasteiger charge is -2.17. The van der Waals surface area contributed by atoms with E-state index >= 15 is 0 Å². The average molecular weight is 358 g/mol. The predicted molar refractivity (Wildman–Crippen MR) is 105 cm³/mol. The summed E-state index contributed by atoms with van der Waals surface area (Å²) < 4.78 is 5.15. The van der Waals surface area contributed by atoms with Crippen molar-refractivity contribution >= 4 is 11.8 Å². The molecule has 3 aromatic carbocycles. The number of rotatable bonds is 8. The van der Waals surface area contributed by atoms with Crippen LogP contribution in [0.2, 0.25) is 0 Å². The van der Waals surface area contributed by atoms with Gasteiger partial charge < -0.3 is 4.74 Å². The average Bonchev–Trinajstić information content (AvgIpc) is 2.74. The molecule has 0 aromatic heterocycles. The van der Waals surface area contributed by atoms with E-state index in [1.807, 2.05) is 66.7 Å². The maximum Gasteiger partial charge on any atom is 0.374 e. The molecule has 0 heterocycles. The van der Waals surface area contributed by atoms with Gasteiger partial charge in [0.05, 0.1) is 0 Å². The van der Waals surface area contributed by atoms with Crippen molar-refractivity contribution in [3.05, 3.63) is 108 Å². The number of esters is 1. The highest BCUT2D eigenvalue weighted by atomic mass is 16.5. The van der Waals surface area contributed by atoms with Gasteiger partial charge in [0.1, 0.15) is 6.61 Å². The van der Waals surface area contributed by atoms with E-state index in [2.05, 4.69) is 24.3 Å². The number of benzene rings is 3. The van der Waals surface area contributed by atoms with Crippen LogP contribution < -0.4 is 0 Å². The van der Waals surface area contributed by atoms with Gasteiger partial charge in [-0.1, -0.05) is 91.0 Å². The van der Waals surface area contributed by atoms with Gasteiger partial charge in [0, 0.05) is 12.3 Å². The highest BCUT2D eigenvalue weighted by molar-refractivity contribution is 6.33. The van der Waals surface area contributed by atoms with Gasteiger partial charge >= 0.3 is 5.97 Å². The Balaban J connectivity index is 1.61. The molecule has 0 spiro atoms. The first kappa shape index (κ1) is 18.6. The molecule has 0 bridgehead atoms. The molecule has 27 heavy (non-hydrogen) atoms. The molecule has 136 valence electrons. The highest BCUT2D eigenvalue weighted by Gasteiger charge is 2.20. The first-order valence-electron chi connectivity index (χ1n) is 9.08. The Morgan fingerprint density at radius 2 is 1.19 bits per heavy atom. The van der Waals surface area contributed by atoms with Crippen molar-refractivity contribution < 1.29 is 14.3 Å². The summed E-state index contributed by atoms with van der Waals surface area (Å²) >= 11 is 0. The molecule has 0 N–H and O–H groups in total. The smallest absolute Gasteiger partial charge is 0.374 e. The molecule has 0 unspecified atom stereocenters. The zero-order valence-corrected chi connectivity index (χ0v) is 15.1. The van der Waals surface area contributed by atoms with Crippen molar-refractivity contribution in [1.29, 1.82) is 0 Å². The molecule has 0 saturated heterocycles. The fourth-order valence-corrected chi connectivity index (χ4v) is 3.08. The van der Waals surface area contributed by atoms with E-state index in [0.717, 1.165) is 16.7 Å². The fourth-order valence-electron chi connectivity index (χ4n) is 3.08. The number of ketones is 1. The Bertz CT molecular complexity index is 818. The summed E-state index contributed by atoms with van der Waals surface area (Å²) in [5, 5.41) is 0. The van der Waals surface area contributed by atoms with Crippen LogP contribution in [-0.4, -0.2) is 11.8 Å². The van der Waals surface area contributed by atoms with Crippen molar-refractivity contribution in [2.75, 3.05) is 0 Å². The lowest BCUT2D eigenvalue weighted by molar-refractivity contribution is -0.154. The number of Topliss-reactive ketones (excluding diaryl/α,β-unsaturated/α-hetero) is 1. The van der Waals surface area contributed by atoms with Gasteiger partial charge in [-0.3, -0.25) is 4.79 Å². The Morgan fingerprint density at radius 3 is 1.70 bits per heavy atom. The van der Waals surface area contributed by atoms with Gasteiger partial charge in [-0.2, -0.15) is 0 Å². The number of hydrogen-bond acceptors (Lipinski definition) is 3. The summed E-state index contributed by atoms with van der Waals surface area (Å²) in [4.78, 5) is 24.3. The standard InChI is InChI=1S/C24H22O3/c25-23(24(26)27-18-19-10-4-1-5-11-19)17-16-22(20-12-6-2-7-13-20)21-14-8-3-9-15-21/h1-15,22H,16-18H2. The molecule has 3 aromatic rings. The summed E-state index contributed by atoms with van der Waals surface area (Å²) in [5.74, 6) is -1.18. The van der Waals surface area contributed by atoms with Crippen LogP contribution in [0.5, 0.6) is 0 Å². The lowest BCUT2D eigenvalue weighted by atomic mass is 9.87. The molecule has 0 saturated carbocycles. The monoisotopic (exact) mass is 358 g/mol. The highest BCUT2D eigenvalue weighted by Crippen LogP contribution is 2.29. The minimum atomic E-state index is -0.765. The molecule has 3 heteroatoms. The van der Waals surface area contributed by atoms with Gasteiger partial charge in [0.2, 0.25) is 5.78 Å². The van der Waals surface area contributed by atoms with E-state index in [9.17, 15) is 9.59 Å². The third-order valence-corrected chi connectivity index (χ3v) is 4.50. The van der Waals surface area contributed by atoms with E-state index in [1.54, 1.807) is 0 Å². The van der Waals surface area contributed by atoms with E-state index in [4.69, 9.17) is 4.74 Å². The molecule has 0 aliphatic carbocycles. The fraction of sp³-hybridized carbons (Fsp3) is 0.167. The second-order valence-electron chi connectivity index (χ2n) is 6.40. The van der Waals surface area contributed by atoms with Gasteiger partial charge in [0.15, 0.2) is 0 Å². The lowest BCUT2D eigenvalue weighted by Crippen LogP contribution is -2.18. The largest absolute Gasteiger partial charge is 0.455 e. The summed E-state index contributed by atoms with van der Waals surface area (Å²) in [6.45, 7) is 0.117. The van der Waals surface area contributed by atoms with Crippen LogP contribution in [0.4, 0.5) is 0 Å². The second-order valence-corrected chi connectivity index (χ2v) is 6.40. The van der Waals surface area contributed by atoms with Crippen LogP contribution in [0.25, 0.3) is 0 Å². The van der Waals surface area contributed by atoms with Crippen LogP contribution in [0.3, 0.4) is 0 Å². The Labute approximate surface area is 159 Å². The van der Waals surface area contributed by atoms with Crippen molar-refractivity contribution in [2.45, 2.75) is 25.4 Å². The first-order valence-corrected chi connectivity index (χ1v) is 9.08. The van der Waals surface area contributed by atoms with Gasteiger partial charge in [-0.25, -0.2) is 4.79 Å². The Hall–Kier alpha value is -3.20. The summed E-state index contributed by atoms with van der Waals surface area (Å²) in [5.41, 5.74) is 3.13. The minimum Gasteiger partial charge on any atom is -0.455 e. The van der Waals surface area contributed by atoms with Crippen molar-refractivity contribution in [3.63, 3.8) is 0 Å². The number of carbonyl (C=O) groups is 2. The van der Waals surface area contributed by atoms with Gasteiger partial charge in [0.25, 0.3) is 0 Å². The van der Waals surface area contributed by atoms with Crippen molar-refractivity contribution in [2.24, 2.45) is 0 Å². The molecule has 0 aliphatic rings. The quantitative estimate of drug-likeness (QED) is 0.424.